The number of carbonyl (C=O) groups is 1. The summed E-state index contributed by atoms with van der Waals surface area (Å²) in [5, 5.41) is 1.13. The third kappa shape index (κ3) is 3.12. The van der Waals surface area contributed by atoms with E-state index in [0.717, 1.165) is 5.56 Å². The third-order valence-electron chi connectivity index (χ3n) is 2.11. The molecule has 0 saturated heterocycles. The standard InChI is InChI=1S/C11H12BrClO3/c1-15-9-4-7(6-12)3-8(11(9)13)5-10(14)16-2/h3-4H,5-6H2,1-2H3. The van der Waals surface area contributed by atoms with Crippen LogP contribution in [0.3, 0.4) is 0 Å². The largest absolute Gasteiger partial charge is 0.495 e. The van der Waals surface area contributed by atoms with Gasteiger partial charge in [-0.15, -0.1) is 0 Å². The van der Waals surface area contributed by atoms with Crippen molar-refractivity contribution in [3.05, 3.63) is 28.3 Å². The van der Waals surface area contributed by atoms with Crippen LogP contribution in [-0.4, -0.2) is 20.2 Å². The number of methoxy groups -OCH3 is 2. The summed E-state index contributed by atoms with van der Waals surface area (Å²) >= 11 is 9.44. The van der Waals surface area contributed by atoms with Gasteiger partial charge in [0.25, 0.3) is 0 Å². The Labute approximate surface area is 108 Å². The molecule has 0 atom stereocenters. The molecule has 0 spiro atoms. The van der Waals surface area contributed by atoms with Gasteiger partial charge < -0.3 is 9.47 Å². The van der Waals surface area contributed by atoms with E-state index in [9.17, 15) is 4.79 Å². The van der Waals surface area contributed by atoms with E-state index >= 15 is 0 Å². The Morgan fingerprint density at radius 2 is 2.12 bits per heavy atom. The second kappa shape index (κ2) is 6.11. The van der Waals surface area contributed by atoms with E-state index in [1.807, 2.05) is 12.1 Å². The highest BCUT2D eigenvalue weighted by molar-refractivity contribution is 9.08. The minimum absolute atomic E-state index is 0.145. The fraction of sp³-hybridized carbons (Fsp3) is 0.364. The molecule has 1 rings (SSSR count). The van der Waals surface area contributed by atoms with Crippen molar-refractivity contribution in [1.82, 2.24) is 0 Å². The van der Waals surface area contributed by atoms with E-state index in [2.05, 4.69) is 20.7 Å². The highest BCUT2D eigenvalue weighted by Gasteiger charge is 2.12. The number of carbonyl (C=O) groups excluding carboxylic acids is 1. The number of hydrogen-bond acceptors (Lipinski definition) is 3. The van der Waals surface area contributed by atoms with Crippen LogP contribution in [0.15, 0.2) is 12.1 Å². The average Bonchev–Trinajstić information content (AvgIpc) is 2.31. The van der Waals surface area contributed by atoms with E-state index in [0.29, 0.717) is 21.7 Å². The summed E-state index contributed by atoms with van der Waals surface area (Å²) in [7, 11) is 2.89. The molecule has 0 aliphatic rings. The van der Waals surface area contributed by atoms with Crippen molar-refractivity contribution in [3.63, 3.8) is 0 Å². The molecule has 0 fully saturated rings. The minimum Gasteiger partial charge on any atom is -0.495 e. The summed E-state index contributed by atoms with van der Waals surface area (Å²) < 4.78 is 9.74. The summed E-state index contributed by atoms with van der Waals surface area (Å²) in [6, 6.07) is 3.69. The van der Waals surface area contributed by atoms with Crippen molar-refractivity contribution in [2.75, 3.05) is 14.2 Å². The lowest BCUT2D eigenvalue weighted by Gasteiger charge is -2.10. The van der Waals surface area contributed by atoms with Gasteiger partial charge in [-0.05, 0) is 17.2 Å². The fourth-order valence-corrected chi connectivity index (χ4v) is 1.88. The SMILES string of the molecule is COC(=O)Cc1cc(CBr)cc(OC)c1Cl. The lowest BCUT2D eigenvalue weighted by Crippen LogP contribution is -2.06. The van der Waals surface area contributed by atoms with Gasteiger partial charge in [-0.3, -0.25) is 4.79 Å². The molecule has 0 aliphatic carbocycles. The molecule has 3 nitrogen and oxygen atoms in total. The molecule has 1 aromatic carbocycles. The van der Waals surface area contributed by atoms with Crippen LogP contribution in [0.4, 0.5) is 0 Å². The first-order chi connectivity index (χ1) is 7.62. The smallest absolute Gasteiger partial charge is 0.310 e. The number of ether oxygens (including phenoxy) is 2. The first-order valence-corrected chi connectivity index (χ1v) is 6.10. The first-order valence-electron chi connectivity index (χ1n) is 4.60. The lowest BCUT2D eigenvalue weighted by molar-refractivity contribution is -0.139. The van der Waals surface area contributed by atoms with Crippen molar-refractivity contribution >= 4 is 33.5 Å². The number of benzene rings is 1. The first kappa shape index (κ1) is 13.3. The number of esters is 1. The van der Waals surface area contributed by atoms with Crippen molar-refractivity contribution in [2.24, 2.45) is 0 Å². The summed E-state index contributed by atoms with van der Waals surface area (Å²) in [6.07, 6.45) is 0.145. The molecule has 1 aromatic rings. The van der Waals surface area contributed by atoms with Crippen molar-refractivity contribution < 1.29 is 14.3 Å². The normalized spacial score (nSPS) is 10.0. The molecule has 0 bridgehead atoms. The number of halogens is 2. The van der Waals surface area contributed by atoms with Crippen molar-refractivity contribution in [1.29, 1.82) is 0 Å². The van der Waals surface area contributed by atoms with Gasteiger partial charge in [0.1, 0.15) is 5.75 Å². The molecule has 0 aliphatic heterocycles. The van der Waals surface area contributed by atoms with E-state index in [-0.39, 0.29) is 12.4 Å². The predicted molar refractivity (Wildman–Crippen MR) is 66.4 cm³/mol. The van der Waals surface area contributed by atoms with Gasteiger partial charge in [-0.25, -0.2) is 0 Å². The van der Waals surface area contributed by atoms with Gasteiger partial charge in [-0.2, -0.15) is 0 Å². The molecule has 5 heteroatoms. The van der Waals surface area contributed by atoms with Crippen LogP contribution >= 0.6 is 27.5 Å². The highest BCUT2D eigenvalue weighted by Crippen LogP contribution is 2.31. The molecule has 0 N–H and O–H groups in total. The second-order valence-corrected chi connectivity index (χ2v) is 4.10. The molecular formula is C11H12BrClO3. The molecule has 16 heavy (non-hydrogen) atoms. The van der Waals surface area contributed by atoms with E-state index < -0.39 is 0 Å². The monoisotopic (exact) mass is 306 g/mol. The van der Waals surface area contributed by atoms with Crippen LogP contribution in [0, 0.1) is 0 Å². The summed E-state index contributed by atoms with van der Waals surface area (Å²) in [5.74, 6) is 0.244. The third-order valence-corrected chi connectivity index (χ3v) is 3.19. The van der Waals surface area contributed by atoms with Crippen LogP contribution in [0.5, 0.6) is 5.75 Å². The summed E-state index contributed by atoms with van der Waals surface area (Å²) in [4.78, 5) is 11.2. The number of hydrogen-bond donors (Lipinski definition) is 0. The quantitative estimate of drug-likeness (QED) is 0.634. The van der Waals surface area contributed by atoms with E-state index in [1.54, 1.807) is 7.11 Å². The minimum atomic E-state index is -0.323. The molecule has 0 radical (unpaired) electrons. The van der Waals surface area contributed by atoms with Crippen LogP contribution in [0.2, 0.25) is 5.02 Å². The Bertz CT molecular complexity index is 393. The highest BCUT2D eigenvalue weighted by atomic mass is 79.9. The van der Waals surface area contributed by atoms with E-state index in [1.165, 1.54) is 7.11 Å². The second-order valence-electron chi connectivity index (χ2n) is 3.16. The molecule has 0 heterocycles. The fourth-order valence-electron chi connectivity index (χ4n) is 1.30. The zero-order chi connectivity index (χ0) is 12.1. The molecule has 0 aromatic heterocycles. The number of rotatable bonds is 4. The zero-order valence-corrected chi connectivity index (χ0v) is 11.4. The Balaban J connectivity index is 3.10. The van der Waals surface area contributed by atoms with Crippen LogP contribution in [0.25, 0.3) is 0 Å². The Hall–Kier alpha value is -0.740. The van der Waals surface area contributed by atoms with Crippen LogP contribution in [0.1, 0.15) is 11.1 Å². The number of alkyl halides is 1. The predicted octanol–water partition coefficient (Wildman–Crippen LogP) is 2.96. The van der Waals surface area contributed by atoms with Gasteiger partial charge in [0, 0.05) is 5.33 Å². The maximum atomic E-state index is 11.2. The summed E-state index contributed by atoms with van der Waals surface area (Å²) in [5.41, 5.74) is 1.71. The lowest BCUT2D eigenvalue weighted by atomic mass is 10.1. The zero-order valence-electron chi connectivity index (χ0n) is 9.05. The van der Waals surface area contributed by atoms with Crippen LogP contribution < -0.4 is 4.74 Å². The summed E-state index contributed by atoms with van der Waals surface area (Å²) in [6.45, 7) is 0. The Morgan fingerprint density at radius 1 is 1.44 bits per heavy atom. The van der Waals surface area contributed by atoms with Gasteiger partial charge in [0.05, 0.1) is 25.7 Å². The topological polar surface area (TPSA) is 35.5 Å². The molecule has 0 saturated carbocycles. The maximum absolute atomic E-state index is 11.2. The Morgan fingerprint density at radius 3 is 2.62 bits per heavy atom. The Kier molecular flexibility index (Phi) is 5.09. The van der Waals surface area contributed by atoms with Gasteiger partial charge >= 0.3 is 5.97 Å². The van der Waals surface area contributed by atoms with Gasteiger partial charge in [0.15, 0.2) is 0 Å². The van der Waals surface area contributed by atoms with Crippen molar-refractivity contribution in [2.45, 2.75) is 11.8 Å². The average molecular weight is 308 g/mol. The maximum Gasteiger partial charge on any atom is 0.310 e. The molecule has 0 unspecified atom stereocenters. The van der Waals surface area contributed by atoms with Gasteiger partial charge in [0.2, 0.25) is 0 Å². The van der Waals surface area contributed by atoms with Gasteiger partial charge in [-0.1, -0.05) is 33.6 Å². The van der Waals surface area contributed by atoms with Crippen LogP contribution in [-0.2, 0) is 21.3 Å². The molecule has 88 valence electrons. The molecule has 0 amide bonds. The molecular weight excluding hydrogens is 295 g/mol. The van der Waals surface area contributed by atoms with E-state index in [4.69, 9.17) is 16.3 Å². The van der Waals surface area contributed by atoms with Crippen molar-refractivity contribution in [3.8, 4) is 5.75 Å².